The molecule has 0 fully saturated rings. The van der Waals surface area contributed by atoms with Gasteiger partial charge in [-0.25, -0.2) is 0 Å². The van der Waals surface area contributed by atoms with Gasteiger partial charge in [0.1, 0.15) is 18.1 Å². The summed E-state index contributed by atoms with van der Waals surface area (Å²) in [6.07, 6.45) is 0. The normalized spacial score (nSPS) is 11.2. The highest BCUT2D eigenvalue weighted by atomic mass is 16.5. The standard InChI is InChI=1S/C24H27NO3/c1-24(2,3)19-11-13-20(14-12-19)28-17-23(26)25-15-16-27-22-10-6-8-18-7-4-5-9-21(18)22/h4-14H,15-17H2,1-3H3,(H,25,26). The maximum absolute atomic E-state index is 12.0. The zero-order valence-electron chi connectivity index (χ0n) is 16.7. The lowest BCUT2D eigenvalue weighted by Gasteiger charge is -2.19. The fourth-order valence-electron chi connectivity index (χ4n) is 2.92. The number of rotatable bonds is 7. The average molecular weight is 377 g/mol. The third-order valence-corrected chi connectivity index (χ3v) is 4.52. The first kappa shape index (κ1) is 19.7. The van der Waals surface area contributed by atoms with Crippen LogP contribution >= 0.6 is 0 Å². The van der Waals surface area contributed by atoms with E-state index < -0.39 is 0 Å². The molecule has 0 atom stereocenters. The molecule has 1 amide bonds. The van der Waals surface area contributed by atoms with Crippen molar-refractivity contribution in [3.8, 4) is 11.5 Å². The summed E-state index contributed by atoms with van der Waals surface area (Å²) in [7, 11) is 0. The molecule has 0 spiro atoms. The summed E-state index contributed by atoms with van der Waals surface area (Å²) in [6, 6.07) is 21.9. The van der Waals surface area contributed by atoms with Gasteiger partial charge in [0.05, 0.1) is 6.54 Å². The first-order chi connectivity index (χ1) is 13.4. The topological polar surface area (TPSA) is 47.6 Å². The van der Waals surface area contributed by atoms with Gasteiger partial charge in [-0.3, -0.25) is 4.79 Å². The number of carbonyl (C=O) groups is 1. The Bertz CT molecular complexity index is 921. The summed E-state index contributed by atoms with van der Waals surface area (Å²) in [5.41, 5.74) is 1.33. The quantitative estimate of drug-likeness (QED) is 0.607. The highest BCUT2D eigenvalue weighted by Gasteiger charge is 2.13. The van der Waals surface area contributed by atoms with Crippen LogP contribution in [0.1, 0.15) is 26.3 Å². The van der Waals surface area contributed by atoms with Crippen LogP contribution in [0.2, 0.25) is 0 Å². The number of hydrogen-bond donors (Lipinski definition) is 1. The van der Waals surface area contributed by atoms with Crippen LogP contribution < -0.4 is 14.8 Å². The molecular formula is C24H27NO3. The minimum Gasteiger partial charge on any atom is -0.491 e. The van der Waals surface area contributed by atoms with Gasteiger partial charge in [0.15, 0.2) is 6.61 Å². The van der Waals surface area contributed by atoms with E-state index in [0.29, 0.717) is 18.9 Å². The Morgan fingerprint density at radius 1 is 0.893 bits per heavy atom. The van der Waals surface area contributed by atoms with E-state index in [-0.39, 0.29) is 17.9 Å². The Morgan fingerprint density at radius 3 is 2.36 bits per heavy atom. The number of fused-ring (bicyclic) bond motifs is 1. The summed E-state index contributed by atoms with van der Waals surface area (Å²) < 4.78 is 11.4. The van der Waals surface area contributed by atoms with Crippen molar-refractivity contribution in [3.05, 3.63) is 72.3 Å². The first-order valence-electron chi connectivity index (χ1n) is 9.54. The molecule has 3 aromatic rings. The number of ether oxygens (including phenoxy) is 2. The summed E-state index contributed by atoms with van der Waals surface area (Å²) in [5, 5.41) is 5.02. The van der Waals surface area contributed by atoms with Crippen molar-refractivity contribution in [2.45, 2.75) is 26.2 Å². The SMILES string of the molecule is CC(C)(C)c1ccc(OCC(=O)NCCOc2cccc3ccccc23)cc1. The molecule has 0 aliphatic rings. The molecule has 28 heavy (non-hydrogen) atoms. The van der Waals surface area contributed by atoms with Crippen molar-refractivity contribution < 1.29 is 14.3 Å². The molecule has 3 aromatic carbocycles. The molecular weight excluding hydrogens is 350 g/mol. The van der Waals surface area contributed by atoms with Crippen LogP contribution in [0, 0.1) is 0 Å². The van der Waals surface area contributed by atoms with E-state index >= 15 is 0 Å². The molecule has 0 heterocycles. The summed E-state index contributed by atoms with van der Waals surface area (Å²) in [6.45, 7) is 7.31. The van der Waals surface area contributed by atoms with E-state index in [1.54, 1.807) is 0 Å². The molecule has 4 heteroatoms. The highest BCUT2D eigenvalue weighted by molar-refractivity contribution is 5.88. The number of hydrogen-bond acceptors (Lipinski definition) is 3. The van der Waals surface area contributed by atoms with E-state index in [0.717, 1.165) is 16.5 Å². The van der Waals surface area contributed by atoms with Gasteiger partial charge in [0.25, 0.3) is 5.91 Å². The molecule has 0 saturated carbocycles. The fourth-order valence-corrected chi connectivity index (χ4v) is 2.92. The molecule has 0 radical (unpaired) electrons. The van der Waals surface area contributed by atoms with Crippen LogP contribution in [-0.4, -0.2) is 25.7 Å². The van der Waals surface area contributed by atoms with Gasteiger partial charge >= 0.3 is 0 Å². The summed E-state index contributed by atoms with van der Waals surface area (Å²) in [4.78, 5) is 12.0. The van der Waals surface area contributed by atoms with Gasteiger partial charge in [0.2, 0.25) is 0 Å². The lowest BCUT2D eigenvalue weighted by molar-refractivity contribution is -0.123. The van der Waals surface area contributed by atoms with Crippen molar-refractivity contribution in [2.24, 2.45) is 0 Å². The molecule has 0 unspecified atom stereocenters. The van der Waals surface area contributed by atoms with Crippen molar-refractivity contribution >= 4 is 16.7 Å². The number of carbonyl (C=O) groups excluding carboxylic acids is 1. The van der Waals surface area contributed by atoms with E-state index in [1.165, 1.54) is 5.56 Å². The molecule has 0 aliphatic heterocycles. The minimum absolute atomic E-state index is 0.0108. The Morgan fingerprint density at radius 2 is 1.61 bits per heavy atom. The maximum Gasteiger partial charge on any atom is 0.258 e. The van der Waals surface area contributed by atoms with Gasteiger partial charge in [0, 0.05) is 5.39 Å². The average Bonchev–Trinajstić information content (AvgIpc) is 2.69. The van der Waals surface area contributed by atoms with Crippen molar-refractivity contribution in [2.75, 3.05) is 19.8 Å². The van der Waals surface area contributed by atoms with Gasteiger partial charge in [-0.15, -0.1) is 0 Å². The van der Waals surface area contributed by atoms with Crippen molar-refractivity contribution in [1.82, 2.24) is 5.32 Å². The van der Waals surface area contributed by atoms with E-state index in [1.807, 2.05) is 54.6 Å². The first-order valence-corrected chi connectivity index (χ1v) is 9.54. The van der Waals surface area contributed by atoms with Crippen LogP contribution in [0.15, 0.2) is 66.7 Å². The molecule has 0 aromatic heterocycles. The Kier molecular flexibility index (Phi) is 6.19. The van der Waals surface area contributed by atoms with Crippen LogP contribution in [-0.2, 0) is 10.2 Å². The Labute approximate surface area is 166 Å². The molecule has 1 N–H and O–H groups in total. The van der Waals surface area contributed by atoms with Crippen LogP contribution in [0.4, 0.5) is 0 Å². The summed E-state index contributed by atoms with van der Waals surface area (Å²) in [5.74, 6) is 1.35. The molecule has 0 aliphatic carbocycles. The number of benzene rings is 3. The van der Waals surface area contributed by atoms with Crippen LogP contribution in [0.5, 0.6) is 11.5 Å². The van der Waals surface area contributed by atoms with Gasteiger partial charge in [-0.1, -0.05) is 69.3 Å². The van der Waals surface area contributed by atoms with Gasteiger partial charge in [-0.05, 0) is 34.6 Å². The molecule has 146 valence electrons. The Hall–Kier alpha value is -3.01. The van der Waals surface area contributed by atoms with Crippen LogP contribution in [0.3, 0.4) is 0 Å². The second-order valence-electron chi connectivity index (χ2n) is 7.74. The zero-order valence-corrected chi connectivity index (χ0v) is 16.7. The van der Waals surface area contributed by atoms with Crippen molar-refractivity contribution in [1.29, 1.82) is 0 Å². The fraction of sp³-hybridized carbons (Fsp3) is 0.292. The Balaban J connectivity index is 1.41. The van der Waals surface area contributed by atoms with Gasteiger partial charge < -0.3 is 14.8 Å². The third-order valence-electron chi connectivity index (χ3n) is 4.52. The van der Waals surface area contributed by atoms with E-state index in [4.69, 9.17) is 9.47 Å². The molecule has 0 saturated heterocycles. The zero-order chi connectivity index (χ0) is 20.0. The minimum atomic E-state index is -0.165. The smallest absolute Gasteiger partial charge is 0.258 e. The largest absolute Gasteiger partial charge is 0.491 e. The summed E-state index contributed by atoms with van der Waals surface area (Å²) >= 11 is 0. The second-order valence-corrected chi connectivity index (χ2v) is 7.74. The molecule has 4 nitrogen and oxygen atoms in total. The van der Waals surface area contributed by atoms with Crippen LogP contribution in [0.25, 0.3) is 10.8 Å². The van der Waals surface area contributed by atoms with Gasteiger partial charge in [-0.2, -0.15) is 0 Å². The molecule has 0 bridgehead atoms. The predicted octanol–water partition coefficient (Wildman–Crippen LogP) is 4.71. The third kappa shape index (κ3) is 5.26. The maximum atomic E-state index is 12.0. The lowest BCUT2D eigenvalue weighted by atomic mass is 9.87. The van der Waals surface area contributed by atoms with E-state index in [9.17, 15) is 4.79 Å². The second kappa shape index (κ2) is 8.79. The predicted molar refractivity (Wildman–Crippen MR) is 113 cm³/mol. The number of nitrogens with one attached hydrogen (secondary N) is 1. The monoisotopic (exact) mass is 377 g/mol. The highest BCUT2D eigenvalue weighted by Crippen LogP contribution is 2.25. The lowest BCUT2D eigenvalue weighted by Crippen LogP contribution is -2.32. The van der Waals surface area contributed by atoms with E-state index in [2.05, 4.69) is 38.2 Å². The van der Waals surface area contributed by atoms with Crippen molar-refractivity contribution in [3.63, 3.8) is 0 Å². The molecule has 3 rings (SSSR count). The number of amides is 1.